The number of nitrogens with zero attached hydrogens (tertiary/aromatic N) is 3. The molecule has 1 aromatic heterocycles. The molecule has 0 unspecified atom stereocenters. The van der Waals surface area contributed by atoms with Crippen LogP contribution in [0, 0.1) is 6.92 Å². The Bertz CT molecular complexity index is 622. The highest BCUT2D eigenvalue weighted by Crippen LogP contribution is 2.20. The molecule has 0 saturated heterocycles. The number of rotatable bonds is 6. The summed E-state index contributed by atoms with van der Waals surface area (Å²) in [6.07, 6.45) is 0. The molecule has 1 aromatic carbocycles. The third-order valence-electron chi connectivity index (χ3n) is 3.16. The number of carboxylic acids is 1. The average Bonchev–Trinajstić information content (AvgIpc) is 2.78. The molecule has 0 amide bonds. The number of benzene rings is 1. The van der Waals surface area contributed by atoms with Crippen LogP contribution in [0.15, 0.2) is 30.3 Å². The zero-order valence-electron chi connectivity index (χ0n) is 12.1. The summed E-state index contributed by atoms with van der Waals surface area (Å²) >= 11 is 5.88. The molecule has 21 heavy (non-hydrogen) atoms. The lowest BCUT2D eigenvalue weighted by Crippen LogP contribution is -2.30. The fraction of sp³-hybridized carbons (Fsp3) is 0.333. The molecule has 2 aromatic rings. The monoisotopic (exact) mass is 307 g/mol. The summed E-state index contributed by atoms with van der Waals surface area (Å²) in [4.78, 5) is 12.9. The second-order valence-corrected chi connectivity index (χ2v) is 5.26. The number of aliphatic carboxylic acids is 1. The van der Waals surface area contributed by atoms with E-state index in [2.05, 4.69) is 5.10 Å². The van der Waals surface area contributed by atoms with Gasteiger partial charge < -0.3 is 10.0 Å². The Labute approximate surface area is 128 Å². The van der Waals surface area contributed by atoms with E-state index in [4.69, 9.17) is 16.7 Å². The van der Waals surface area contributed by atoms with Crippen molar-refractivity contribution in [2.45, 2.75) is 26.9 Å². The van der Waals surface area contributed by atoms with Crippen LogP contribution in [0.5, 0.6) is 0 Å². The lowest BCUT2D eigenvalue weighted by molar-refractivity contribution is -0.135. The number of halogens is 1. The third kappa shape index (κ3) is 3.98. The zero-order valence-corrected chi connectivity index (χ0v) is 12.8. The molecular weight excluding hydrogens is 290 g/mol. The molecule has 2 rings (SSSR count). The van der Waals surface area contributed by atoms with E-state index >= 15 is 0 Å². The summed E-state index contributed by atoms with van der Waals surface area (Å²) in [6, 6.07) is 9.14. The van der Waals surface area contributed by atoms with Crippen molar-refractivity contribution in [3.05, 3.63) is 46.7 Å². The van der Waals surface area contributed by atoms with E-state index in [0.717, 1.165) is 23.6 Å². The predicted octanol–water partition coefficient (Wildman–Crippen LogP) is 2.96. The summed E-state index contributed by atoms with van der Waals surface area (Å²) in [6.45, 7) is 5.11. The van der Waals surface area contributed by atoms with Gasteiger partial charge >= 0.3 is 5.97 Å². The van der Waals surface area contributed by atoms with Gasteiger partial charge in [-0.05, 0) is 44.2 Å². The largest absolute Gasteiger partial charge is 0.480 e. The van der Waals surface area contributed by atoms with Gasteiger partial charge in [0.1, 0.15) is 6.54 Å². The minimum Gasteiger partial charge on any atom is -0.480 e. The molecule has 6 heteroatoms. The molecule has 112 valence electrons. The van der Waals surface area contributed by atoms with Gasteiger partial charge in [-0.2, -0.15) is 5.10 Å². The first kappa shape index (κ1) is 15.4. The number of aryl methyl sites for hydroxylation is 2. The molecule has 0 aliphatic carbocycles. The van der Waals surface area contributed by atoms with Crippen LogP contribution in [-0.2, 0) is 17.9 Å². The predicted molar refractivity (Wildman–Crippen MR) is 82.8 cm³/mol. The number of carbonyl (C=O) groups is 1. The lowest BCUT2D eigenvalue weighted by atomic mass is 10.2. The van der Waals surface area contributed by atoms with Crippen LogP contribution in [-0.4, -0.2) is 27.4 Å². The van der Waals surface area contributed by atoms with Gasteiger partial charge in [0, 0.05) is 17.3 Å². The standard InChI is InChI=1S/C15H18ClN3O2/c1-3-19-14(8-11(2)17-19)9-18(10-15(20)21)13-6-4-12(16)5-7-13/h4-8H,3,9-10H2,1-2H3,(H,20,21). The van der Waals surface area contributed by atoms with Crippen molar-refractivity contribution in [1.82, 2.24) is 9.78 Å². The number of hydrogen-bond donors (Lipinski definition) is 1. The summed E-state index contributed by atoms with van der Waals surface area (Å²) in [7, 11) is 0. The van der Waals surface area contributed by atoms with Crippen LogP contribution < -0.4 is 4.90 Å². The Hall–Kier alpha value is -2.01. The topological polar surface area (TPSA) is 58.4 Å². The second-order valence-electron chi connectivity index (χ2n) is 4.82. The van der Waals surface area contributed by atoms with Crippen molar-refractivity contribution in [3.8, 4) is 0 Å². The lowest BCUT2D eigenvalue weighted by Gasteiger charge is -2.23. The highest BCUT2D eigenvalue weighted by Gasteiger charge is 2.14. The molecule has 0 radical (unpaired) electrons. The highest BCUT2D eigenvalue weighted by molar-refractivity contribution is 6.30. The van der Waals surface area contributed by atoms with Gasteiger partial charge in [0.15, 0.2) is 0 Å². The maximum atomic E-state index is 11.1. The molecule has 1 heterocycles. The molecule has 0 fully saturated rings. The number of anilines is 1. The van der Waals surface area contributed by atoms with Crippen molar-refractivity contribution < 1.29 is 9.90 Å². The summed E-state index contributed by atoms with van der Waals surface area (Å²) in [5, 5.41) is 14.1. The minimum atomic E-state index is -0.871. The molecular formula is C15H18ClN3O2. The smallest absolute Gasteiger partial charge is 0.323 e. The normalized spacial score (nSPS) is 10.6. The number of hydrogen-bond acceptors (Lipinski definition) is 3. The SMILES string of the molecule is CCn1nc(C)cc1CN(CC(=O)O)c1ccc(Cl)cc1. The van der Waals surface area contributed by atoms with Crippen molar-refractivity contribution in [2.75, 3.05) is 11.4 Å². The Morgan fingerprint density at radius 1 is 1.38 bits per heavy atom. The van der Waals surface area contributed by atoms with Crippen molar-refractivity contribution in [3.63, 3.8) is 0 Å². The van der Waals surface area contributed by atoms with Gasteiger partial charge in [-0.3, -0.25) is 9.48 Å². The minimum absolute atomic E-state index is 0.0738. The van der Waals surface area contributed by atoms with E-state index in [-0.39, 0.29) is 6.54 Å². The van der Waals surface area contributed by atoms with Crippen LogP contribution in [0.3, 0.4) is 0 Å². The van der Waals surface area contributed by atoms with E-state index in [1.807, 2.05) is 36.7 Å². The van der Waals surface area contributed by atoms with Crippen molar-refractivity contribution in [1.29, 1.82) is 0 Å². The fourth-order valence-electron chi connectivity index (χ4n) is 2.25. The molecule has 0 bridgehead atoms. The highest BCUT2D eigenvalue weighted by atomic mass is 35.5. The molecule has 1 N–H and O–H groups in total. The molecule has 5 nitrogen and oxygen atoms in total. The van der Waals surface area contributed by atoms with Crippen molar-refractivity contribution in [2.24, 2.45) is 0 Å². The maximum absolute atomic E-state index is 11.1. The zero-order chi connectivity index (χ0) is 15.4. The van der Waals surface area contributed by atoms with Crippen molar-refractivity contribution >= 4 is 23.3 Å². The summed E-state index contributed by atoms with van der Waals surface area (Å²) in [5.41, 5.74) is 2.74. The van der Waals surface area contributed by atoms with E-state index < -0.39 is 5.97 Å². The summed E-state index contributed by atoms with van der Waals surface area (Å²) < 4.78 is 1.89. The van der Waals surface area contributed by atoms with E-state index in [1.165, 1.54) is 0 Å². The molecule has 0 saturated carbocycles. The van der Waals surface area contributed by atoms with Gasteiger partial charge in [0.25, 0.3) is 0 Å². The first-order chi connectivity index (χ1) is 9.99. The van der Waals surface area contributed by atoms with E-state index in [9.17, 15) is 4.79 Å². The van der Waals surface area contributed by atoms with E-state index in [0.29, 0.717) is 11.6 Å². The fourth-order valence-corrected chi connectivity index (χ4v) is 2.38. The quantitative estimate of drug-likeness (QED) is 0.891. The Balaban J connectivity index is 2.27. The van der Waals surface area contributed by atoms with Crippen LogP contribution in [0.2, 0.25) is 5.02 Å². The van der Waals surface area contributed by atoms with Gasteiger partial charge in [-0.25, -0.2) is 0 Å². The second kappa shape index (κ2) is 6.63. The van der Waals surface area contributed by atoms with Gasteiger partial charge in [-0.15, -0.1) is 0 Å². The Kier molecular flexibility index (Phi) is 4.85. The Morgan fingerprint density at radius 3 is 2.62 bits per heavy atom. The number of aromatic nitrogens is 2. The van der Waals surface area contributed by atoms with Crippen LogP contribution in [0.1, 0.15) is 18.3 Å². The number of carboxylic acid groups (broad SMARTS) is 1. The molecule has 0 atom stereocenters. The first-order valence-corrected chi connectivity index (χ1v) is 7.13. The van der Waals surface area contributed by atoms with Crippen LogP contribution >= 0.6 is 11.6 Å². The van der Waals surface area contributed by atoms with E-state index in [1.54, 1.807) is 17.0 Å². The third-order valence-corrected chi connectivity index (χ3v) is 3.41. The maximum Gasteiger partial charge on any atom is 0.323 e. The molecule has 0 aliphatic heterocycles. The van der Waals surface area contributed by atoms with Gasteiger partial charge in [-0.1, -0.05) is 11.6 Å². The van der Waals surface area contributed by atoms with Gasteiger partial charge in [0.05, 0.1) is 17.9 Å². The molecule has 0 spiro atoms. The average molecular weight is 308 g/mol. The summed E-state index contributed by atoms with van der Waals surface area (Å²) in [5.74, 6) is -0.871. The first-order valence-electron chi connectivity index (χ1n) is 6.75. The van der Waals surface area contributed by atoms with Crippen LogP contribution in [0.4, 0.5) is 5.69 Å². The van der Waals surface area contributed by atoms with Gasteiger partial charge in [0.2, 0.25) is 0 Å². The molecule has 0 aliphatic rings. The van der Waals surface area contributed by atoms with Crippen LogP contribution in [0.25, 0.3) is 0 Å². The Morgan fingerprint density at radius 2 is 2.05 bits per heavy atom.